The second kappa shape index (κ2) is 8.56. The highest BCUT2D eigenvalue weighted by Crippen LogP contribution is 2.28. The van der Waals surface area contributed by atoms with E-state index < -0.39 is 19.9 Å². The van der Waals surface area contributed by atoms with E-state index in [4.69, 9.17) is 0 Å². The smallest absolute Gasteiger partial charge is 0.243 e. The molecule has 0 atom stereocenters. The lowest BCUT2D eigenvalue weighted by atomic mass is 10.1. The third kappa shape index (κ3) is 4.98. The number of hydrogen-bond donors (Lipinski definition) is 1. The molecule has 3 rings (SSSR count). The molecular formula is C17H27ClN2O4S2. The number of nitrogens with one attached hydrogen (secondary N) is 1. The minimum Gasteiger partial charge on any atom is -0.314 e. The van der Waals surface area contributed by atoms with Crippen LogP contribution in [0.25, 0.3) is 0 Å². The van der Waals surface area contributed by atoms with Gasteiger partial charge in [0.1, 0.15) is 0 Å². The maximum atomic E-state index is 12.8. The Balaban J connectivity index is 0.00000243. The summed E-state index contributed by atoms with van der Waals surface area (Å²) in [6, 6.07) is 6.08. The van der Waals surface area contributed by atoms with Gasteiger partial charge in [0.05, 0.1) is 15.5 Å². The van der Waals surface area contributed by atoms with Crippen LogP contribution in [0.2, 0.25) is 0 Å². The summed E-state index contributed by atoms with van der Waals surface area (Å²) in [6.07, 6.45) is 4.19. The second-order valence-corrected chi connectivity index (χ2v) is 11.1. The molecule has 1 aliphatic carbocycles. The number of benzene rings is 1. The van der Waals surface area contributed by atoms with E-state index in [2.05, 4.69) is 5.32 Å². The SMILES string of the molecule is CCS(=O)(=O)c1cccc(S(=O)(=O)N2CCC(NCC3CC3)CC2)c1.Cl. The number of hydrogen-bond acceptors (Lipinski definition) is 5. The molecule has 1 N–H and O–H groups in total. The van der Waals surface area contributed by atoms with Crippen LogP contribution in [-0.4, -0.2) is 52.6 Å². The maximum absolute atomic E-state index is 12.8. The fourth-order valence-corrected chi connectivity index (χ4v) is 5.62. The van der Waals surface area contributed by atoms with Gasteiger partial charge in [-0.15, -0.1) is 12.4 Å². The van der Waals surface area contributed by atoms with E-state index in [1.165, 1.54) is 41.4 Å². The van der Waals surface area contributed by atoms with Gasteiger partial charge >= 0.3 is 0 Å². The Bertz CT molecular complexity index is 815. The lowest BCUT2D eigenvalue weighted by Crippen LogP contribution is -2.45. The first-order valence-corrected chi connectivity index (χ1v) is 12.0. The first kappa shape index (κ1) is 21.6. The summed E-state index contributed by atoms with van der Waals surface area (Å²) in [5.41, 5.74) is 0. The molecule has 1 saturated heterocycles. The summed E-state index contributed by atoms with van der Waals surface area (Å²) in [5, 5.41) is 3.53. The summed E-state index contributed by atoms with van der Waals surface area (Å²) >= 11 is 0. The summed E-state index contributed by atoms with van der Waals surface area (Å²) in [7, 11) is -7.08. The van der Waals surface area contributed by atoms with Crippen molar-refractivity contribution >= 4 is 32.3 Å². The Morgan fingerprint density at radius 1 is 1.04 bits per heavy atom. The molecule has 1 aromatic carbocycles. The normalized spacial score (nSPS) is 19.9. The molecule has 1 heterocycles. The van der Waals surface area contributed by atoms with Crippen LogP contribution in [0.15, 0.2) is 34.1 Å². The van der Waals surface area contributed by atoms with Gasteiger partial charge in [-0.25, -0.2) is 16.8 Å². The molecule has 0 bridgehead atoms. The second-order valence-electron chi connectivity index (χ2n) is 6.91. The Morgan fingerprint density at radius 2 is 1.65 bits per heavy atom. The number of nitrogens with zero attached hydrogens (tertiary/aromatic N) is 1. The zero-order chi connectivity index (χ0) is 18.1. The minimum absolute atomic E-state index is 0. The Hall–Kier alpha value is -0.670. The molecule has 2 fully saturated rings. The largest absolute Gasteiger partial charge is 0.314 e. The Labute approximate surface area is 162 Å². The third-order valence-electron chi connectivity index (χ3n) is 5.03. The number of rotatable bonds is 7. The quantitative estimate of drug-likeness (QED) is 0.727. The van der Waals surface area contributed by atoms with Gasteiger partial charge < -0.3 is 5.32 Å². The Morgan fingerprint density at radius 3 is 2.23 bits per heavy atom. The van der Waals surface area contributed by atoms with Crippen molar-refractivity contribution in [1.82, 2.24) is 9.62 Å². The van der Waals surface area contributed by atoms with Crippen molar-refractivity contribution in [3.8, 4) is 0 Å². The van der Waals surface area contributed by atoms with E-state index in [-0.39, 0.29) is 28.0 Å². The molecule has 2 aliphatic rings. The predicted octanol–water partition coefficient (Wildman–Crippen LogP) is 2.05. The number of sulfonamides is 1. The van der Waals surface area contributed by atoms with Gasteiger partial charge in [-0.2, -0.15) is 4.31 Å². The highest BCUT2D eigenvalue weighted by atomic mass is 35.5. The van der Waals surface area contributed by atoms with E-state index in [0.29, 0.717) is 19.1 Å². The molecule has 1 aromatic rings. The van der Waals surface area contributed by atoms with Gasteiger partial charge in [0, 0.05) is 19.1 Å². The van der Waals surface area contributed by atoms with Crippen molar-refractivity contribution in [3.63, 3.8) is 0 Å². The summed E-state index contributed by atoms with van der Waals surface area (Å²) in [5.74, 6) is 0.763. The molecule has 148 valence electrons. The monoisotopic (exact) mass is 422 g/mol. The van der Waals surface area contributed by atoms with Gasteiger partial charge in [-0.3, -0.25) is 0 Å². The highest BCUT2D eigenvalue weighted by Gasteiger charge is 2.31. The van der Waals surface area contributed by atoms with Crippen molar-refractivity contribution in [3.05, 3.63) is 24.3 Å². The van der Waals surface area contributed by atoms with Crippen molar-refractivity contribution in [2.24, 2.45) is 5.92 Å². The van der Waals surface area contributed by atoms with E-state index in [1.807, 2.05) is 0 Å². The first-order chi connectivity index (χ1) is 11.8. The van der Waals surface area contributed by atoms with Crippen molar-refractivity contribution < 1.29 is 16.8 Å². The van der Waals surface area contributed by atoms with Crippen LogP contribution in [0.5, 0.6) is 0 Å². The number of halogens is 1. The zero-order valence-electron chi connectivity index (χ0n) is 14.9. The molecule has 0 aromatic heterocycles. The third-order valence-corrected chi connectivity index (χ3v) is 8.66. The van der Waals surface area contributed by atoms with Gasteiger partial charge in [0.15, 0.2) is 9.84 Å². The van der Waals surface area contributed by atoms with Crippen LogP contribution in [0.3, 0.4) is 0 Å². The highest BCUT2D eigenvalue weighted by molar-refractivity contribution is 7.91. The fraction of sp³-hybridized carbons (Fsp3) is 0.647. The molecule has 0 radical (unpaired) electrons. The van der Waals surface area contributed by atoms with Crippen molar-refractivity contribution in [1.29, 1.82) is 0 Å². The van der Waals surface area contributed by atoms with Crippen molar-refractivity contribution in [2.75, 3.05) is 25.4 Å². The topological polar surface area (TPSA) is 83.5 Å². The van der Waals surface area contributed by atoms with Gasteiger partial charge in [-0.1, -0.05) is 13.0 Å². The fourth-order valence-electron chi connectivity index (χ4n) is 3.10. The predicted molar refractivity (Wildman–Crippen MR) is 104 cm³/mol. The van der Waals surface area contributed by atoms with Crippen LogP contribution in [0, 0.1) is 5.92 Å². The lowest BCUT2D eigenvalue weighted by Gasteiger charge is -2.31. The molecular weight excluding hydrogens is 396 g/mol. The molecule has 6 nitrogen and oxygen atoms in total. The molecule has 9 heteroatoms. The van der Waals surface area contributed by atoms with Gasteiger partial charge in [0.2, 0.25) is 10.0 Å². The van der Waals surface area contributed by atoms with Crippen LogP contribution < -0.4 is 5.32 Å². The first-order valence-electron chi connectivity index (χ1n) is 8.89. The lowest BCUT2D eigenvalue weighted by molar-refractivity contribution is 0.288. The summed E-state index contributed by atoms with van der Waals surface area (Å²) in [6.45, 7) is 3.52. The molecule has 0 amide bonds. The van der Waals surface area contributed by atoms with Crippen LogP contribution >= 0.6 is 12.4 Å². The van der Waals surface area contributed by atoms with E-state index >= 15 is 0 Å². The molecule has 1 aliphatic heterocycles. The minimum atomic E-state index is -3.65. The van der Waals surface area contributed by atoms with E-state index in [0.717, 1.165) is 25.3 Å². The van der Waals surface area contributed by atoms with Gasteiger partial charge in [-0.05, 0) is 56.3 Å². The molecule has 0 unspecified atom stereocenters. The Kier molecular flexibility index (Phi) is 7.12. The number of piperidine rings is 1. The zero-order valence-corrected chi connectivity index (χ0v) is 17.4. The molecule has 0 spiro atoms. The van der Waals surface area contributed by atoms with E-state index in [1.54, 1.807) is 6.92 Å². The van der Waals surface area contributed by atoms with Crippen LogP contribution in [0.4, 0.5) is 0 Å². The molecule has 1 saturated carbocycles. The van der Waals surface area contributed by atoms with Crippen molar-refractivity contribution in [2.45, 2.75) is 48.4 Å². The summed E-state index contributed by atoms with van der Waals surface area (Å²) < 4.78 is 51.2. The summed E-state index contributed by atoms with van der Waals surface area (Å²) in [4.78, 5) is 0.128. The van der Waals surface area contributed by atoms with Crippen LogP contribution in [0.1, 0.15) is 32.6 Å². The number of sulfone groups is 1. The average Bonchev–Trinajstić information content (AvgIpc) is 3.45. The van der Waals surface area contributed by atoms with Gasteiger partial charge in [0.25, 0.3) is 0 Å². The average molecular weight is 423 g/mol. The maximum Gasteiger partial charge on any atom is 0.243 e. The standard InChI is InChI=1S/C17H26N2O4S2.ClH/c1-2-24(20,21)16-4-3-5-17(12-16)25(22,23)19-10-8-15(9-11-19)18-13-14-6-7-14;/h3-5,12,14-15,18H,2,6-11,13H2,1H3;1H. The molecule has 26 heavy (non-hydrogen) atoms. The van der Waals surface area contributed by atoms with Crippen LogP contribution in [-0.2, 0) is 19.9 Å². The van der Waals surface area contributed by atoms with E-state index in [9.17, 15) is 16.8 Å².